The van der Waals surface area contributed by atoms with Gasteiger partial charge in [0.25, 0.3) is 0 Å². The highest BCUT2D eigenvalue weighted by Crippen LogP contribution is 2.20. The molecule has 2 aromatic heterocycles. The summed E-state index contributed by atoms with van der Waals surface area (Å²) in [6.07, 6.45) is 4.92. The smallest absolute Gasteiger partial charge is 0.233 e. The molecule has 1 fully saturated rings. The van der Waals surface area contributed by atoms with Crippen LogP contribution in [0.25, 0.3) is 0 Å². The Morgan fingerprint density at radius 2 is 2.32 bits per heavy atom. The highest BCUT2D eigenvalue weighted by Gasteiger charge is 2.27. The average molecular weight is 297 g/mol. The fourth-order valence-corrected chi connectivity index (χ4v) is 2.83. The lowest BCUT2D eigenvalue weighted by Crippen LogP contribution is -2.48. The minimum Gasteiger partial charge on any atom is -0.476 e. The Morgan fingerprint density at radius 3 is 3.05 bits per heavy atom. The average Bonchev–Trinajstić information content (AvgIpc) is 2.85. The van der Waals surface area contributed by atoms with Crippen molar-refractivity contribution < 1.29 is 4.74 Å². The fourth-order valence-electron chi connectivity index (χ4n) is 2.03. The number of thiazole rings is 1. The first kappa shape index (κ1) is 12.8. The van der Waals surface area contributed by atoms with Gasteiger partial charge in [0.05, 0.1) is 25.5 Å². The largest absolute Gasteiger partial charge is 0.476 e. The third kappa shape index (κ3) is 3.40. The van der Waals surface area contributed by atoms with E-state index >= 15 is 0 Å². The molecule has 100 valence electrons. The van der Waals surface area contributed by atoms with E-state index in [1.807, 2.05) is 11.6 Å². The standard InChI is InChI=1S/C12H13ClN4OS/c13-10-3-14-4-11(16-10)18-8-9-5-17(6-9)7-12-15-1-2-19-12/h1-4,9H,5-8H2. The van der Waals surface area contributed by atoms with Crippen LogP contribution in [0, 0.1) is 5.92 Å². The molecule has 0 spiro atoms. The normalized spacial score (nSPS) is 16.3. The van der Waals surface area contributed by atoms with E-state index in [4.69, 9.17) is 16.3 Å². The zero-order chi connectivity index (χ0) is 13.1. The molecule has 1 aliphatic heterocycles. The van der Waals surface area contributed by atoms with E-state index in [0.29, 0.717) is 23.6 Å². The predicted molar refractivity (Wildman–Crippen MR) is 73.4 cm³/mol. The van der Waals surface area contributed by atoms with E-state index in [-0.39, 0.29) is 0 Å². The molecule has 3 rings (SSSR count). The van der Waals surface area contributed by atoms with Crippen molar-refractivity contribution in [3.63, 3.8) is 0 Å². The molecule has 7 heteroatoms. The first-order valence-electron chi connectivity index (χ1n) is 6.00. The van der Waals surface area contributed by atoms with Crippen molar-refractivity contribution >= 4 is 22.9 Å². The molecule has 0 atom stereocenters. The summed E-state index contributed by atoms with van der Waals surface area (Å²) in [5, 5.41) is 3.53. The van der Waals surface area contributed by atoms with Gasteiger partial charge in [-0.25, -0.2) is 4.98 Å². The van der Waals surface area contributed by atoms with Crippen LogP contribution in [-0.2, 0) is 6.54 Å². The Hall–Kier alpha value is -1.24. The molecule has 0 saturated carbocycles. The molecule has 19 heavy (non-hydrogen) atoms. The molecule has 0 aliphatic carbocycles. The number of ether oxygens (including phenoxy) is 1. The van der Waals surface area contributed by atoms with E-state index in [0.717, 1.165) is 19.6 Å². The van der Waals surface area contributed by atoms with Crippen molar-refractivity contribution in [3.05, 3.63) is 34.1 Å². The first-order chi connectivity index (χ1) is 9.29. The first-order valence-corrected chi connectivity index (χ1v) is 7.26. The van der Waals surface area contributed by atoms with Crippen molar-refractivity contribution in [2.24, 2.45) is 5.92 Å². The Kier molecular flexibility index (Phi) is 3.91. The fraction of sp³-hybridized carbons (Fsp3) is 0.417. The van der Waals surface area contributed by atoms with Gasteiger partial charge in [0.15, 0.2) is 5.15 Å². The van der Waals surface area contributed by atoms with Gasteiger partial charge in [0.2, 0.25) is 5.88 Å². The monoisotopic (exact) mass is 296 g/mol. The Bertz CT molecular complexity index is 530. The number of nitrogens with zero attached hydrogens (tertiary/aromatic N) is 4. The molecule has 5 nitrogen and oxygen atoms in total. The van der Waals surface area contributed by atoms with Crippen LogP contribution in [0.5, 0.6) is 5.88 Å². The van der Waals surface area contributed by atoms with Crippen molar-refractivity contribution in [2.75, 3.05) is 19.7 Å². The van der Waals surface area contributed by atoms with Gasteiger partial charge in [-0.3, -0.25) is 9.88 Å². The summed E-state index contributed by atoms with van der Waals surface area (Å²) in [6, 6.07) is 0. The number of rotatable bonds is 5. The summed E-state index contributed by atoms with van der Waals surface area (Å²) >= 11 is 7.44. The Balaban J connectivity index is 1.40. The zero-order valence-corrected chi connectivity index (χ0v) is 11.8. The van der Waals surface area contributed by atoms with Crippen molar-refractivity contribution in [1.29, 1.82) is 0 Å². The molecule has 0 amide bonds. The predicted octanol–water partition coefficient (Wildman–Crippen LogP) is 2.10. The molecular formula is C12H13ClN4OS. The van der Waals surface area contributed by atoms with E-state index < -0.39 is 0 Å². The summed E-state index contributed by atoms with van der Waals surface area (Å²) in [7, 11) is 0. The van der Waals surface area contributed by atoms with Gasteiger partial charge < -0.3 is 4.74 Å². The van der Waals surface area contributed by atoms with Crippen LogP contribution < -0.4 is 4.74 Å². The highest BCUT2D eigenvalue weighted by atomic mass is 35.5. The minimum absolute atomic E-state index is 0.358. The third-order valence-corrected chi connectivity index (χ3v) is 3.87. The number of aromatic nitrogens is 3. The summed E-state index contributed by atoms with van der Waals surface area (Å²) in [4.78, 5) is 14.6. The third-order valence-electron chi connectivity index (χ3n) is 2.93. The molecule has 2 aromatic rings. The molecule has 0 radical (unpaired) electrons. The molecule has 0 aromatic carbocycles. The molecule has 1 aliphatic rings. The maximum absolute atomic E-state index is 5.74. The topological polar surface area (TPSA) is 51.1 Å². The van der Waals surface area contributed by atoms with E-state index in [2.05, 4.69) is 19.9 Å². The number of hydrogen-bond donors (Lipinski definition) is 0. The van der Waals surface area contributed by atoms with E-state index in [1.165, 1.54) is 11.2 Å². The molecule has 3 heterocycles. The van der Waals surface area contributed by atoms with Crippen LogP contribution in [0.15, 0.2) is 24.0 Å². The minimum atomic E-state index is 0.358. The summed E-state index contributed by atoms with van der Waals surface area (Å²) in [6.45, 7) is 3.66. The summed E-state index contributed by atoms with van der Waals surface area (Å²) < 4.78 is 5.58. The Labute approximate surface area is 120 Å². The second-order valence-electron chi connectivity index (χ2n) is 4.48. The van der Waals surface area contributed by atoms with Crippen LogP contribution in [0.1, 0.15) is 5.01 Å². The van der Waals surface area contributed by atoms with Crippen LogP contribution in [0.2, 0.25) is 5.15 Å². The lowest BCUT2D eigenvalue weighted by molar-refractivity contribution is 0.0542. The maximum atomic E-state index is 5.74. The van der Waals surface area contributed by atoms with E-state index in [1.54, 1.807) is 17.5 Å². The molecule has 0 N–H and O–H groups in total. The van der Waals surface area contributed by atoms with Crippen LogP contribution in [0.3, 0.4) is 0 Å². The van der Waals surface area contributed by atoms with Gasteiger partial charge in [-0.15, -0.1) is 11.3 Å². The van der Waals surface area contributed by atoms with Crippen LogP contribution >= 0.6 is 22.9 Å². The molecular weight excluding hydrogens is 284 g/mol. The van der Waals surface area contributed by atoms with Gasteiger partial charge in [-0.2, -0.15) is 4.98 Å². The lowest BCUT2D eigenvalue weighted by Gasteiger charge is -2.38. The van der Waals surface area contributed by atoms with E-state index in [9.17, 15) is 0 Å². The summed E-state index contributed by atoms with van der Waals surface area (Å²) in [5.74, 6) is 1.03. The van der Waals surface area contributed by atoms with Gasteiger partial charge in [0, 0.05) is 30.6 Å². The van der Waals surface area contributed by atoms with Crippen molar-refractivity contribution in [1.82, 2.24) is 19.9 Å². The second kappa shape index (κ2) is 5.81. The molecule has 1 saturated heterocycles. The molecule has 0 bridgehead atoms. The molecule has 0 unspecified atom stereocenters. The highest BCUT2D eigenvalue weighted by molar-refractivity contribution is 7.09. The van der Waals surface area contributed by atoms with Gasteiger partial charge >= 0.3 is 0 Å². The van der Waals surface area contributed by atoms with Gasteiger partial charge in [0.1, 0.15) is 5.01 Å². The van der Waals surface area contributed by atoms with Crippen LogP contribution in [0.4, 0.5) is 0 Å². The van der Waals surface area contributed by atoms with Gasteiger partial charge in [-0.1, -0.05) is 11.6 Å². The van der Waals surface area contributed by atoms with Crippen LogP contribution in [-0.4, -0.2) is 39.5 Å². The quantitative estimate of drug-likeness (QED) is 0.846. The Morgan fingerprint density at radius 1 is 1.42 bits per heavy atom. The zero-order valence-electron chi connectivity index (χ0n) is 10.2. The number of likely N-dealkylation sites (tertiary alicyclic amines) is 1. The second-order valence-corrected chi connectivity index (χ2v) is 5.84. The number of halogens is 1. The van der Waals surface area contributed by atoms with Crippen molar-refractivity contribution in [2.45, 2.75) is 6.54 Å². The SMILES string of the molecule is Clc1cncc(OCC2CN(Cc3nccs3)C2)n1. The maximum Gasteiger partial charge on any atom is 0.233 e. The lowest BCUT2D eigenvalue weighted by atomic mass is 10.0. The summed E-state index contributed by atoms with van der Waals surface area (Å²) in [5.41, 5.74) is 0. The van der Waals surface area contributed by atoms with Gasteiger partial charge in [-0.05, 0) is 0 Å². The number of hydrogen-bond acceptors (Lipinski definition) is 6. The van der Waals surface area contributed by atoms with Crippen molar-refractivity contribution in [3.8, 4) is 5.88 Å².